The molecule has 0 spiro atoms. The Morgan fingerprint density at radius 2 is 1.55 bits per heavy atom. The molecule has 1 fully saturated rings. The molecular formula is C27H25F3N2O. The van der Waals surface area contributed by atoms with Crippen LogP contribution in [0.5, 0.6) is 0 Å². The van der Waals surface area contributed by atoms with Crippen molar-refractivity contribution in [2.24, 2.45) is 0 Å². The Hall–Kier alpha value is -3.12. The van der Waals surface area contributed by atoms with Crippen LogP contribution in [0.2, 0.25) is 0 Å². The molecule has 1 saturated heterocycles. The smallest absolute Gasteiger partial charge is 0.162 e. The molecule has 170 valence electrons. The predicted octanol–water partition coefficient (Wildman–Crippen LogP) is 6.08. The molecule has 2 atom stereocenters. The van der Waals surface area contributed by atoms with Gasteiger partial charge in [-0.15, -0.1) is 0 Å². The van der Waals surface area contributed by atoms with Gasteiger partial charge in [-0.1, -0.05) is 0 Å². The molecule has 3 aromatic carbocycles. The molecule has 2 heterocycles. The normalized spacial score (nSPS) is 19.9. The van der Waals surface area contributed by atoms with E-state index < -0.39 is 0 Å². The first-order valence-corrected chi connectivity index (χ1v) is 11.3. The van der Waals surface area contributed by atoms with E-state index in [-0.39, 0.29) is 35.2 Å². The van der Waals surface area contributed by atoms with Crippen LogP contribution in [-0.4, -0.2) is 36.4 Å². The second kappa shape index (κ2) is 9.02. The first-order chi connectivity index (χ1) is 16.0. The first kappa shape index (κ1) is 21.7. The number of likely N-dealkylation sites (tertiary alicyclic amines) is 1. The summed E-state index contributed by atoms with van der Waals surface area (Å²) in [6, 6.07) is 17.2. The van der Waals surface area contributed by atoms with Crippen LogP contribution < -0.4 is 4.90 Å². The SMILES string of the molecule is O=C(CCCN1CC[C@H]2[C@H](C1)c1cc(F)ccc1N2c1ccc(F)cc1)c1ccc(F)cc1. The lowest BCUT2D eigenvalue weighted by atomic mass is 9.88. The molecule has 0 radical (unpaired) electrons. The van der Waals surface area contributed by atoms with Crippen molar-refractivity contribution in [1.82, 2.24) is 4.90 Å². The van der Waals surface area contributed by atoms with Crippen molar-refractivity contribution in [2.45, 2.75) is 31.2 Å². The number of ketones is 1. The molecule has 6 heteroatoms. The molecule has 0 saturated carbocycles. The molecule has 0 amide bonds. The van der Waals surface area contributed by atoms with Crippen LogP contribution in [0.4, 0.5) is 24.5 Å². The fourth-order valence-electron chi connectivity index (χ4n) is 5.22. The molecule has 0 N–H and O–H groups in total. The molecule has 2 aliphatic rings. The second-order valence-electron chi connectivity index (χ2n) is 8.85. The van der Waals surface area contributed by atoms with Crippen LogP contribution in [0.3, 0.4) is 0 Å². The zero-order valence-corrected chi connectivity index (χ0v) is 18.2. The number of hydrogen-bond donors (Lipinski definition) is 0. The Morgan fingerprint density at radius 1 is 0.879 bits per heavy atom. The number of halogens is 3. The van der Waals surface area contributed by atoms with Crippen molar-refractivity contribution < 1.29 is 18.0 Å². The number of Topliss-reactive ketones (excluding diaryl/α,β-unsaturated/α-hetero) is 1. The van der Waals surface area contributed by atoms with Gasteiger partial charge in [0.2, 0.25) is 0 Å². The summed E-state index contributed by atoms with van der Waals surface area (Å²) in [5, 5.41) is 0. The molecule has 0 unspecified atom stereocenters. The Balaban J connectivity index is 1.27. The van der Waals surface area contributed by atoms with Gasteiger partial charge >= 0.3 is 0 Å². The van der Waals surface area contributed by atoms with Gasteiger partial charge in [0.25, 0.3) is 0 Å². The van der Waals surface area contributed by atoms with Gasteiger partial charge < -0.3 is 9.80 Å². The summed E-state index contributed by atoms with van der Waals surface area (Å²) in [7, 11) is 0. The molecule has 2 aliphatic heterocycles. The topological polar surface area (TPSA) is 23.6 Å². The third kappa shape index (κ3) is 4.40. The number of carbonyl (C=O) groups excluding carboxylic acids is 1. The lowest BCUT2D eigenvalue weighted by Crippen LogP contribution is -2.45. The Labute approximate surface area is 191 Å². The van der Waals surface area contributed by atoms with Crippen LogP contribution in [0.15, 0.2) is 66.7 Å². The summed E-state index contributed by atoms with van der Waals surface area (Å²) in [6.45, 7) is 2.43. The largest absolute Gasteiger partial charge is 0.337 e. The third-order valence-corrected chi connectivity index (χ3v) is 6.79. The van der Waals surface area contributed by atoms with E-state index in [0.717, 1.165) is 43.0 Å². The van der Waals surface area contributed by atoms with E-state index in [1.54, 1.807) is 18.2 Å². The zero-order chi connectivity index (χ0) is 22.9. The summed E-state index contributed by atoms with van der Waals surface area (Å²) in [4.78, 5) is 16.9. The van der Waals surface area contributed by atoms with Gasteiger partial charge in [-0.05, 0) is 91.7 Å². The standard InChI is InChI=1S/C27H25F3N2O/c28-19-5-3-18(4-6-19)27(33)2-1-14-31-15-13-26-24(17-31)23-16-21(30)9-12-25(23)32(26)22-10-7-20(29)8-11-22/h3-12,16,24,26H,1-2,13-15,17H2/t24-,26+/m1/s1. The highest BCUT2D eigenvalue weighted by molar-refractivity contribution is 5.95. The fraction of sp³-hybridized carbons (Fsp3) is 0.296. The molecule has 0 aliphatic carbocycles. The van der Waals surface area contributed by atoms with E-state index in [1.165, 1.54) is 42.5 Å². The lowest BCUT2D eigenvalue weighted by Gasteiger charge is -2.39. The maximum atomic E-state index is 14.1. The van der Waals surface area contributed by atoms with Crippen molar-refractivity contribution >= 4 is 17.2 Å². The number of rotatable bonds is 6. The summed E-state index contributed by atoms with van der Waals surface area (Å²) in [5.41, 5.74) is 3.41. The van der Waals surface area contributed by atoms with E-state index >= 15 is 0 Å². The number of carbonyl (C=O) groups is 1. The number of anilines is 2. The summed E-state index contributed by atoms with van der Waals surface area (Å²) < 4.78 is 40.7. The number of benzene rings is 3. The molecule has 3 nitrogen and oxygen atoms in total. The van der Waals surface area contributed by atoms with Gasteiger partial charge in [-0.2, -0.15) is 0 Å². The molecule has 5 rings (SSSR count). The van der Waals surface area contributed by atoms with Crippen LogP contribution in [0, 0.1) is 17.5 Å². The van der Waals surface area contributed by atoms with E-state index in [1.807, 2.05) is 6.07 Å². The minimum atomic E-state index is -0.350. The maximum Gasteiger partial charge on any atom is 0.162 e. The first-order valence-electron chi connectivity index (χ1n) is 11.3. The Morgan fingerprint density at radius 3 is 2.27 bits per heavy atom. The molecule has 3 aromatic rings. The van der Waals surface area contributed by atoms with Gasteiger partial charge in [0.1, 0.15) is 17.5 Å². The van der Waals surface area contributed by atoms with Crippen molar-refractivity contribution in [2.75, 3.05) is 24.5 Å². The highest BCUT2D eigenvalue weighted by Crippen LogP contribution is 2.48. The third-order valence-electron chi connectivity index (χ3n) is 6.79. The van der Waals surface area contributed by atoms with Crippen molar-refractivity contribution in [3.63, 3.8) is 0 Å². The van der Waals surface area contributed by atoms with Crippen LogP contribution in [0.25, 0.3) is 0 Å². The minimum absolute atomic E-state index is 0.0145. The van der Waals surface area contributed by atoms with E-state index in [2.05, 4.69) is 9.80 Å². The zero-order valence-electron chi connectivity index (χ0n) is 18.2. The van der Waals surface area contributed by atoms with Crippen molar-refractivity contribution in [3.05, 3.63) is 95.3 Å². The Bertz CT molecular complexity index is 1150. The van der Waals surface area contributed by atoms with Gasteiger partial charge in [0, 0.05) is 48.4 Å². The Kier molecular flexibility index (Phi) is 5.94. The second-order valence-corrected chi connectivity index (χ2v) is 8.85. The molecule has 0 bridgehead atoms. The average Bonchev–Trinajstić information content (AvgIpc) is 3.13. The van der Waals surface area contributed by atoms with Gasteiger partial charge in [0.15, 0.2) is 5.78 Å². The van der Waals surface area contributed by atoms with Crippen molar-refractivity contribution in [3.8, 4) is 0 Å². The minimum Gasteiger partial charge on any atom is -0.337 e. The van der Waals surface area contributed by atoms with E-state index in [4.69, 9.17) is 0 Å². The van der Waals surface area contributed by atoms with Crippen molar-refractivity contribution in [1.29, 1.82) is 0 Å². The number of hydrogen-bond acceptors (Lipinski definition) is 3. The average molecular weight is 451 g/mol. The number of fused-ring (bicyclic) bond motifs is 3. The predicted molar refractivity (Wildman–Crippen MR) is 122 cm³/mol. The number of piperidine rings is 1. The van der Waals surface area contributed by atoms with Gasteiger partial charge in [0.05, 0.1) is 0 Å². The van der Waals surface area contributed by atoms with Gasteiger partial charge in [-0.3, -0.25) is 4.79 Å². The molecular weight excluding hydrogens is 425 g/mol. The highest BCUT2D eigenvalue weighted by Gasteiger charge is 2.42. The summed E-state index contributed by atoms with van der Waals surface area (Å²) >= 11 is 0. The fourth-order valence-corrected chi connectivity index (χ4v) is 5.22. The summed E-state index contributed by atoms with van der Waals surface area (Å²) in [5.74, 6) is -0.727. The van der Waals surface area contributed by atoms with E-state index in [0.29, 0.717) is 18.4 Å². The summed E-state index contributed by atoms with van der Waals surface area (Å²) in [6.07, 6.45) is 2.01. The quantitative estimate of drug-likeness (QED) is 0.426. The monoisotopic (exact) mass is 450 g/mol. The van der Waals surface area contributed by atoms with E-state index in [9.17, 15) is 18.0 Å². The molecule has 33 heavy (non-hydrogen) atoms. The number of nitrogens with zero attached hydrogens (tertiary/aromatic N) is 2. The highest BCUT2D eigenvalue weighted by atomic mass is 19.1. The lowest BCUT2D eigenvalue weighted by molar-refractivity contribution is 0.0971. The van der Waals surface area contributed by atoms with Gasteiger partial charge in [-0.25, -0.2) is 13.2 Å². The van der Waals surface area contributed by atoms with Crippen LogP contribution >= 0.6 is 0 Å². The maximum absolute atomic E-state index is 14.1. The van der Waals surface area contributed by atoms with Crippen LogP contribution in [-0.2, 0) is 0 Å². The van der Waals surface area contributed by atoms with Crippen LogP contribution in [0.1, 0.15) is 41.1 Å². The molecule has 0 aromatic heterocycles.